The Morgan fingerprint density at radius 1 is 0.821 bits per heavy atom. The molecule has 0 fully saturated rings. The molecule has 3 N–H and O–H groups in total. The van der Waals surface area contributed by atoms with Crippen LogP contribution in [0, 0.1) is 5.82 Å². The van der Waals surface area contributed by atoms with Gasteiger partial charge in [-0.15, -0.1) is 0 Å². The number of hydrogen-bond acceptors (Lipinski definition) is 5. The number of carboxylic acid groups (broad SMARTS) is 1. The highest BCUT2D eigenvalue weighted by molar-refractivity contribution is 5.74. The molecule has 202 valence electrons. The number of anilines is 1. The molecule has 0 radical (unpaired) electrons. The molecule has 0 saturated carbocycles. The standard InChI is InChI=1S/C32H33FN2O4/c33-27-16-17-29(28(34)20-27)39-30(18-19-38-23-26-14-8-3-9-15-26)31(32(36)37)35(21-24-10-4-1-5-11-24)22-25-12-6-2-7-13-25/h1-17,20,30-31H,18-19,21-23,34H2,(H,36,37)/t30-,31+/m0/s1. The first kappa shape index (κ1) is 27.8. The first-order chi connectivity index (χ1) is 19.0. The van der Waals surface area contributed by atoms with Crippen molar-refractivity contribution in [2.24, 2.45) is 0 Å². The van der Waals surface area contributed by atoms with Crippen LogP contribution >= 0.6 is 0 Å². The van der Waals surface area contributed by atoms with E-state index in [4.69, 9.17) is 15.2 Å². The molecule has 7 heteroatoms. The van der Waals surface area contributed by atoms with Crippen molar-refractivity contribution in [3.8, 4) is 5.75 Å². The monoisotopic (exact) mass is 528 g/mol. The van der Waals surface area contributed by atoms with Gasteiger partial charge >= 0.3 is 5.97 Å². The Balaban J connectivity index is 1.61. The second kappa shape index (κ2) is 14.1. The lowest BCUT2D eigenvalue weighted by molar-refractivity contribution is -0.148. The number of carbonyl (C=O) groups is 1. The maximum atomic E-state index is 13.7. The van der Waals surface area contributed by atoms with Crippen molar-refractivity contribution in [1.29, 1.82) is 0 Å². The lowest BCUT2D eigenvalue weighted by Gasteiger charge is -2.35. The molecule has 0 bridgehead atoms. The summed E-state index contributed by atoms with van der Waals surface area (Å²) >= 11 is 0. The molecule has 0 heterocycles. The van der Waals surface area contributed by atoms with Crippen LogP contribution in [0.15, 0.2) is 109 Å². The molecule has 4 aromatic carbocycles. The van der Waals surface area contributed by atoms with Gasteiger partial charge in [0.05, 0.1) is 18.9 Å². The van der Waals surface area contributed by atoms with Gasteiger partial charge in [0.1, 0.15) is 23.7 Å². The first-order valence-electron chi connectivity index (χ1n) is 12.9. The van der Waals surface area contributed by atoms with Gasteiger partial charge in [0.25, 0.3) is 0 Å². The van der Waals surface area contributed by atoms with E-state index in [-0.39, 0.29) is 24.5 Å². The van der Waals surface area contributed by atoms with E-state index in [1.54, 1.807) is 0 Å². The Morgan fingerprint density at radius 2 is 1.36 bits per heavy atom. The van der Waals surface area contributed by atoms with E-state index in [2.05, 4.69) is 0 Å². The van der Waals surface area contributed by atoms with E-state index in [9.17, 15) is 14.3 Å². The summed E-state index contributed by atoms with van der Waals surface area (Å²) < 4.78 is 25.9. The van der Waals surface area contributed by atoms with E-state index >= 15 is 0 Å². The summed E-state index contributed by atoms with van der Waals surface area (Å²) in [5.41, 5.74) is 9.11. The van der Waals surface area contributed by atoms with Crippen LogP contribution in [-0.2, 0) is 29.2 Å². The molecule has 6 nitrogen and oxygen atoms in total. The van der Waals surface area contributed by atoms with E-state index in [0.717, 1.165) is 16.7 Å². The molecule has 0 aliphatic heterocycles. The summed E-state index contributed by atoms with van der Waals surface area (Å²) in [6.07, 6.45) is -0.556. The van der Waals surface area contributed by atoms with Crippen molar-refractivity contribution in [3.63, 3.8) is 0 Å². The lowest BCUT2D eigenvalue weighted by Crippen LogP contribution is -2.51. The highest BCUT2D eigenvalue weighted by Crippen LogP contribution is 2.27. The fourth-order valence-corrected chi connectivity index (χ4v) is 4.47. The molecule has 39 heavy (non-hydrogen) atoms. The Morgan fingerprint density at radius 3 is 1.87 bits per heavy atom. The van der Waals surface area contributed by atoms with Gasteiger partial charge in [-0.3, -0.25) is 9.69 Å². The third-order valence-corrected chi connectivity index (χ3v) is 6.36. The fourth-order valence-electron chi connectivity index (χ4n) is 4.47. The number of hydrogen-bond donors (Lipinski definition) is 2. The highest BCUT2D eigenvalue weighted by atomic mass is 19.1. The number of nitrogens with two attached hydrogens (primary N) is 1. The highest BCUT2D eigenvalue weighted by Gasteiger charge is 2.36. The van der Waals surface area contributed by atoms with Crippen LogP contribution in [0.4, 0.5) is 10.1 Å². The van der Waals surface area contributed by atoms with Crippen molar-refractivity contribution < 1.29 is 23.8 Å². The Labute approximate surface area is 228 Å². The van der Waals surface area contributed by atoms with Gasteiger partial charge in [-0.1, -0.05) is 91.0 Å². The molecule has 0 saturated heterocycles. The number of ether oxygens (including phenoxy) is 2. The molecule has 0 aliphatic rings. The third-order valence-electron chi connectivity index (χ3n) is 6.36. The summed E-state index contributed by atoms with van der Waals surface area (Å²) in [6, 6.07) is 32.0. The van der Waals surface area contributed by atoms with Crippen LogP contribution in [0.2, 0.25) is 0 Å². The van der Waals surface area contributed by atoms with E-state index in [0.29, 0.717) is 19.7 Å². The maximum Gasteiger partial charge on any atom is 0.324 e. The molecule has 0 amide bonds. The number of rotatable bonds is 14. The maximum absolute atomic E-state index is 13.7. The normalized spacial score (nSPS) is 12.7. The quantitative estimate of drug-likeness (QED) is 0.156. The number of nitrogens with zero attached hydrogens (tertiary/aromatic N) is 1. The van der Waals surface area contributed by atoms with Gasteiger partial charge in [0.2, 0.25) is 0 Å². The topological polar surface area (TPSA) is 85.0 Å². The summed E-state index contributed by atoms with van der Waals surface area (Å²) in [5, 5.41) is 10.5. The number of aliphatic carboxylic acids is 1. The van der Waals surface area contributed by atoms with E-state index in [1.165, 1.54) is 18.2 Å². The molecule has 0 spiro atoms. The zero-order valence-electron chi connectivity index (χ0n) is 21.7. The zero-order valence-corrected chi connectivity index (χ0v) is 21.7. The van der Waals surface area contributed by atoms with Crippen molar-refractivity contribution in [1.82, 2.24) is 4.90 Å². The van der Waals surface area contributed by atoms with Gasteiger partial charge in [0.15, 0.2) is 0 Å². The SMILES string of the molecule is Nc1cc(F)ccc1O[C@@H](CCOCc1ccccc1)[C@H](C(=O)O)N(Cc1ccccc1)Cc1ccccc1. The molecule has 0 aromatic heterocycles. The molecule has 2 atom stereocenters. The predicted octanol–water partition coefficient (Wildman–Crippen LogP) is 5.92. The lowest BCUT2D eigenvalue weighted by atomic mass is 10.0. The number of halogens is 1. The van der Waals surface area contributed by atoms with Crippen LogP contribution in [0.5, 0.6) is 5.75 Å². The minimum absolute atomic E-state index is 0.104. The average Bonchev–Trinajstić information content (AvgIpc) is 2.94. The fraction of sp³-hybridized carbons (Fsp3) is 0.219. The van der Waals surface area contributed by atoms with Gasteiger partial charge < -0.3 is 20.3 Å². The minimum atomic E-state index is -1.05. The largest absolute Gasteiger partial charge is 0.486 e. The second-order valence-corrected chi connectivity index (χ2v) is 9.32. The molecule has 4 rings (SSSR count). The van der Waals surface area contributed by atoms with Crippen molar-refractivity contribution in [2.75, 3.05) is 12.3 Å². The van der Waals surface area contributed by atoms with Gasteiger partial charge in [-0.05, 0) is 28.8 Å². The second-order valence-electron chi connectivity index (χ2n) is 9.32. The molecule has 4 aromatic rings. The van der Waals surface area contributed by atoms with Gasteiger partial charge in [-0.25, -0.2) is 4.39 Å². The Bertz CT molecular complexity index is 1260. The van der Waals surface area contributed by atoms with Crippen molar-refractivity contribution in [3.05, 3.63) is 132 Å². The first-order valence-corrected chi connectivity index (χ1v) is 12.9. The van der Waals surface area contributed by atoms with Crippen LogP contribution in [0.25, 0.3) is 0 Å². The molecular formula is C32H33FN2O4. The Hall–Kier alpha value is -4.20. The van der Waals surface area contributed by atoms with Crippen molar-refractivity contribution in [2.45, 2.75) is 38.3 Å². The summed E-state index contributed by atoms with van der Waals surface area (Å²) in [7, 11) is 0. The number of benzene rings is 4. The summed E-state index contributed by atoms with van der Waals surface area (Å²) in [6.45, 7) is 1.42. The van der Waals surface area contributed by atoms with E-state index in [1.807, 2.05) is 95.9 Å². The van der Waals surface area contributed by atoms with Crippen molar-refractivity contribution >= 4 is 11.7 Å². The smallest absolute Gasteiger partial charge is 0.324 e. The number of carboxylic acids is 1. The molecule has 0 aliphatic carbocycles. The van der Waals surface area contributed by atoms with Crippen LogP contribution in [0.1, 0.15) is 23.1 Å². The summed E-state index contributed by atoms with van der Waals surface area (Å²) in [5.74, 6) is -1.29. The predicted molar refractivity (Wildman–Crippen MR) is 149 cm³/mol. The minimum Gasteiger partial charge on any atom is -0.486 e. The van der Waals surface area contributed by atoms with Crippen LogP contribution in [-0.4, -0.2) is 34.7 Å². The van der Waals surface area contributed by atoms with E-state index < -0.39 is 23.9 Å². The average molecular weight is 529 g/mol. The van der Waals surface area contributed by atoms with Crippen LogP contribution < -0.4 is 10.5 Å². The molecule has 0 unspecified atom stereocenters. The summed E-state index contributed by atoms with van der Waals surface area (Å²) in [4.78, 5) is 14.8. The number of nitrogen functional groups attached to an aromatic ring is 1. The molecular weight excluding hydrogens is 495 g/mol. The van der Waals surface area contributed by atoms with Crippen LogP contribution in [0.3, 0.4) is 0 Å². The zero-order chi connectivity index (χ0) is 27.5. The van der Waals surface area contributed by atoms with Gasteiger partial charge in [-0.2, -0.15) is 0 Å². The third kappa shape index (κ3) is 8.40. The van der Waals surface area contributed by atoms with Gasteiger partial charge in [0, 0.05) is 25.6 Å². The Kier molecular flexibility index (Phi) is 10.1.